The van der Waals surface area contributed by atoms with Crippen LogP contribution in [0, 0.1) is 0 Å². The number of hydrogen-bond donors (Lipinski definition) is 2. The fourth-order valence-electron chi connectivity index (χ4n) is 2.57. The van der Waals surface area contributed by atoms with Crippen molar-refractivity contribution < 1.29 is 19.1 Å². The van der Waals surface area contributed by atoms with Crippen LogP contribution in [-0.4, -0.2) is 16.4 Å². The van der Waals surface area contributed by atoms with Gasteiger partial charge in [0.05, 0.1) is 6.61 Å². The summed E-state index contributed by atoms with van der Waals surface area (Å²) in [5, 5.41) is 3.70. The van der Waals surface area contributed by atoms with Crippen molar-refractivity contribution in [2.24, 2.45) is 0 Å². The van der Waals surface area contributed by atoms with E-state index in [-0.39, 0.29) is 11.1 Å². The smallest absolute Gasteiger partial charge is 0.359 e. The van der Waals surface area contributed by atoms with Crippen LogP contribution in [0.15, 0.2) is 48.5 Å². The monoisotopic (exact) mass is 302 g/mol. The summed E-state index contributed by atoms with van der Waals surface area (Å²) in [5.41, 5.74) is 0. The van der Waals surface area contributed by atoms with Crippen LogP contribution < -0.4 is 10.0 Å². The molecule has 0 aliphatic rings. The number of rotatable bonds is 3. The zero-order chi connectivity index (χ0) is 15.0. The second-order valence-electron chi connectivity index (χ2n) is 4.77. The average molecular weight is 302 g/mol. The molecule has 21 heavy (non-hydrogen) atoms. The first kappa shape index (κ1) is 14.1. The molecule has 0 fully saturated rings. The van der Waals surface area contributed by atoms with E-state index in [9.17, 15) is 14.4 Å². The molecule has 0 radical (unpaired) electrons. The first-order valence-electron chi connectivity index (χ1n) is 6.65. The highest BCUT2D eigenvalue weighted by Gasteiger charge is 2.24. The number of benzene rings is 3. The van der Waals surface area contributed by atoms with Gasteiger partial charge in [0.1, 0.15) is 11.1 Å². The third kappa shape index (κ3) is 2.42. The Bertz CT molecular complexity index is 867. The molecule has 0 aliphatic heterocycles. The van der Waals surface area contributed by atoms with Crippen molar-refractivity contribution in [3.63, 3.8) is 0 Å². The Hall–Kier alpha value is -1.87. The lowest BCUT2D eigenvalue weighted by Gasteiger charge is -2.15. The summed E-state index contributed by atoms with van der Waals surface area (Å²) >= 11 is 0. The van der Waals surface area contributed by atoms with Crippen molar-refractivity contribution in [1.29, 1.82) is 0 Å². The van der Waals surface area contributed by atoms with Crippen LogP contribution >= 0.6 is 7.60 Å². The van der Waals surface area contributed by atoms with Gasteiger partial charge in [-0.1, -0.05) is 36.4 Å². The Kier molecular flexibility index (Phi) is 3.46. The van der Waals surface area contributed by atoms with Gasteiger partial charge in [0, 0.05) is 5.39 Å². The third-order valence-corrected chi connectivity index (χ3v) is 4.44. The van der Waals surface area contributed by atoms with Gasteiger partial charge in [-0.2, -0.15) is 0 Å². The first-order chi connectivity index (χ1) is 10.0. The van der Waals surface area contributed by atoms with Crippen LogP contribution in [0.4, 0.5) is 0 Å². The molecule has 5 heteroatoms. The minimum Gasteiger partial charge on any atom is -0.492 e. The van der Waals surface area contributed by atoms with Gasteiger partial charge in [0.15, 0.2) is 0 Å². The van der Waals surface area contributed by atoms with E-state index in [1.807, 2.05) is 36.4 Å². The Balaban J connectivity index is 2.43. The van der Waals surface area contributed by atoms with Gasteiger partial charge in [-0.3, -0.25) is 4.57 Å². The van der Waals surface area contributed by atoms with Gasteiger partial charge < -0.3 is 14.5 Å². The highest BCUT2D eigenvalue weighted by atomic mass is 31.2. The van der Waals surface area contributed by atoms with E-state index >= 15 is 0 Å². The SMILES string of the molecule is CCOc1c(P(=O)(O)O)ccc2c1ccc1ccccc12. The zero-order valence-corrected chi connectivity index (χ0v) is 12.4. The summed E-state index contributed by atoms with van der Waals surface area (Å²) in [4.78, 5) is 19.0. The van der Waals surface area contributed by atoms with Crippen LogP contribution in [0.25, 0.3) is 21.5 Å². The molecule has 0 spiro atoms. The largest absolute Gasteiger partial charge is 0.492 e. The zero-order valence-electron chi connectivity index (χ0n) is 11.5. The highest BCUT2D eigenvalue weighted by Crippen LogP contribution is 2.41. The molecule has 108 valence electrons. The van der Waals surface area contributed by atoms with E-state index in [0.717, 1.165) is 21.5 Å². The van der Waals surface area contributed by atoms with Gasteiger partial charge in [0.25, 0.3) is 0 Å². The molecule has 0 aliphatic carbocycles. The van der Waals surface area contributed by atoms with Gasteiger partial charge in [-0.25, -0.2) is 0 Å². The maximum absolute atomic E-state index is 11.7. The van der Waals surface area contributed by atoms with E-state index < -0.39 is 7.60 Å². The first-order valence-corrected chi connectivity index (χ1v) is 8.27. The predicted octanol–water partition coefficient (Wildman–Crippen LogP) is 3.19. The van der Waals surface area contributed by atoms with Gasteiger partial charge in [0.2, 0.25) is 0 Å². The fraction of sp³-hybridized carbons (Fsp3) is 0.125. The van der Waals surface area contributed by atoms with Gasteiger partial charge in [-0.15, -0.1) is 0 Å². The van der Waals surface area contributed by atoms with E-state index in [1.54, 1.807) is 13.0 Å². The molecular weight excluding hydrogens is 287 g/mol. The summed E-state index contributed by atoms with van der Waals surface area (Å²) in [6.07, 6.45) is 0. The van der Waals surface area contributed by atoms with Crippen LogP contribution in [0.2, 0.25) is 0 Å². The van der Waals surface area contributed by atoms with Crippen molar-refractivity contribution in [2.75, 3.05) is 6.61 Å². The fourth-order valence-corrected chi connectivity index (χ4v) is 3.29. The lowest BCUT2D eigenvalue weighted by Crippen LogP contribution is -2.10. The Labute approximate surface area is 122 Å². The van der Waals surface area contributed by atoms with Crippen molar-refractivity contribution in [3.05, 3.63) is 48.5 Å². The summed E-state index contributed by atoms with van der Waals surface area (Å²) in [6.45, 7) is 2.14. The average Bonchev–Trinajstić information content (AvgIpc) is 2.46. The molecule has 3 rings (SSSR count). The number of ether oxygens (including phenoxy) is 1. The number of hydrogen-bond acceptors (Lipinski definition) is 2. The molecule has 3 aromatic carbocycles. The van der Waals surface area contributed by atoms with E-state index in [4.69, 9.17) is 4.74 Å². The lowest BCUT2D eigenvalue weighted by molar-refractivity contribution is 0.342. The minimum absolute atomic E-state index is 0.0628. The molecule has 0 heterocycles. The molecular formula is C16H15O4P. The summed E-state index contributed by atoms with van der Waals surface area (Å²) < 4.78 is 17.2. The molecule has 0 amide bonds. The maximum atomic E-state index is 11.7. The van der Waals surface area contributed by atoms with Crippen molar-refractivity contribution >= 4 is 34.4 Å². The molecule has 0 bridgehead atoms. The normalized spacial score (nSPS) is 12.0. The molecule has 0 saturated heterocycles. The standard InChI is InChI=1S/C16H15O4P/c1-2-20-16-14-8-7-11-5-3-4-6-12(11)13(14)9-10-15(16)21(17,18)19/h3-10H,2H2,1H3,(H2,17,18,19). The number of fused-ring (bicyclic) bond motifs is 3. The van der Waals surface area contributed by atoms with E-state index in [1.165, 1.54) is 6.07 Å². The van der Waals surface area contributed by atoms with E-state index in [2.05, 4.69) is 0 Å². The van der Waals surface area contributed by atoms with E-state index in [0.29, 0.717) is 6.61 Å². The van der Waals surface area contributed by atoms with Crippen LogP contribution in [-0.2, 0) is 4.57 Å². The molecule has 0 aromatic heterocycles. The molecule has 0 atom stereocenters. The summed E-state index contributed by atoms with van der Waals surface area (Å²) in [6, 6.07) is 14.9. The van der Waals surface area contributed by atoms with Crippen molar-refractivity contribution in [1.82, 2.24) is 0 Å². The van der Waals surface area contributed by atoms with Crippen LogP contribution in [0.3, 0.4) is 0 Å². The van der Waals surface area contributed by atoms with Crippen molar-refractivity contribution in [3.8, 4) is 5.75 Å². The quantitative estimate of drug-likeness (QED) is 0.576. The molecule has 0 saturated carbocycles. The van der Waals surface area contributed by atoms with Gasteiger partial charge in [-0.05, 0) is 35.2 Å². The maximum Gasteiger partial charge on any atom is 0.359 e. The highest BCUT2D eigenvalue weighted by molar-refractivity contribution is 7.60. The Morgan fingerprint density at radius 2 is 1.67 bits per heavy atom. The Morgan fingerprint density at radius 3 is 2.38 bits per heavy atom. The molecule has 0 unspecified atom stereocenters. The minimum atomic E-state index is -4.38. The molecule has 2 N–H and O–H groups in total. The molecule has 3 aromatic rings. The summed E-state index contributed by atoms with van der Waals surface area (Å²) in [5.74, 6) is 0.272. The molecule has 4 nitrogen and oxygen atoms in total. The van der Waals surface area contributed by atoms with Crippen LogP contribution in [0.5, 0.6) is 5.75 Å². The van der Waals surface area contributed by atoms with Gasteiger partial charge >= 0.3 is 7.60 Å². The summed E-state index contributed by atoms with van der Waals surface area (Å²) in [7, 11) is -4.38. The predicted molar refractivity (Wildman–Crippen MR) is 84.3 cm³/mol. The van der Waals surface area contributed by atoms with Crippen molar-refractivity contribution in [2.45, 2.75) is 6.92 Å². The topological polar surface area (TPSA) is 66.8 Å². The second-order valence-corrected chi connectivity index (χ2v) is 6.34. The lowest BCUT2D eigenvalue weighted by atomic mass is 10.0. The second kappa shape index (κ2) is 5.15. The van der Waals surface area contributed by atoms with Crippen LogP contribution in [0.1, 0.15) is 6.92 Å². The Morgan fingerprint density at radius 1 is 0.952 bits per heavy atom. The third-order valence-electron chi connectivity index (χ3n) is 3.46.